The van der Waals surface area contributed by atoms with Crippen LogP contribution in [0.1, 0.15) is 19.4 Å². The van der Waals surface area contributed by atoms with Crippen molar-refractivity contribution in [2.75, 3.05) is 0 Å². The number of allylic oxidation sites excluding steroid dienone is 3. The van der Waals surface area contributed by atoms with Crippen molar-refractivity contribution in [3.63, 3.8) is 0 Å². The first kappa shape index (κ1) is 12.6. The van der Waals surface area contributed by atoms with Crippen molar-refractivity contribution in [1.29, 1.82) is 0 Å². The lowest BCUT2D eigenvalue weighted by atomic mass is 9.90. The molecule has 1 amide bonds. The molecule has 0 heterocycles. The minimum absolute atomic E-state index is 0.0406. The minimum Gasteiger partial charge on any atom is -0.326 e. The molecule has 0 aromatic heterocycles. The summed E-state index contributed by atoms with van der Waals surface area (Å²) in [5, 5.41) is 2.95. The van der Waals surface area contributed by atoms with Crippen LogP contribution in [0.4, 0.5) is 0 Å². The van der Waals surface area contributed by atoms with E-state index in [1.54, 1.807) is 0 Å². The van der Waals surface area contributed by atoms with Gasteiger partial charge < -0.3 is 5.32 Å². The summed E-state index contributed by atoms with van der Waals surface area (Å²) in [6.45, 7) is 4.34. The molecule has 2 atom stereocenters. The van der Waals surface area contributed by atoms with Gasteiger partial charge in [0.1, 0.15) is 0 Å². The van der Waals surface area contributed by atoms with Crippen molar-refractivity contribution in [3.05, 3.63) is 59.8 Å². The van der Waals surface area contributed by atoms with E-state index in [0.29, 0.717) is 18.3 Å². The van der Waals surface area contributed by atoms with E-state index in [-0.39, 0.29) is 5.91 Å². The maximum atomic E-state index is 11.9. The Labute approximate surface area is 108 Å². The number of carbonyl (C=O) groups is 1. The van der Waals surface area contributed by atoms with Crippen LogP contribution in [-0.2, 0) is 11.2 Å². The van der Waals surface area contributed by atoms with Gasteiger partial charge in [0, 0.05) is 5.70 Å². The quantitative estimate of drug-likeness (QED) is 0.865. The normalized spacial score (nSPS) is 22.4. The molecule has 1 aliphatic rings. The first-order valence-corrected chi connectivity index (χ1v) is 6.39. The summed E-state index contributed by atoms with van der Waals surface area (Å²) in [4.78, 5) is 11.9. The van der Waals surface area contributed by atoms with Gasteiger partial charge in [0.15, 0.2) is 0 Å². The third-order valence-corrected chi connectivity index (χ3v) is 3.34. The average molecular weight is 241 g/mol. The molecule has 2 rings (SSSR count). The van der Waals surface area contributed by atoms with Crippen molar-refractivity contribution >= 4 is 5.91 Å². The lowest BCUT2D eigenvalue weighted by Crippen LogP contribution is -2.25. The van der Waals surface area contributed by atoms with Gasteiger partial charge in [-0.15, -0.1) is 0 Å². The molecule has 0 bridgehead atoms. The molecule has 94 valence electrons. The Morgan fingerprint density at radius 1 is 1.17 bits per heavy atom. The number of amides is 1. The van der Waals surface area contributed by atoms with Crippen molar-refractivity contribution < 1.29 is 4.79 Å². The Morgan fingerprint density at radius 2 is 1.89 bits per heavy atom. The van der Waals surface area contributed by atoms with Gasteiger partial charge in [-0.25, -0.2) is 0 Å². The van der Waals surface area contributed by atoms with Gasteiger partial charge in [-0.05, 0) is 23.5 Å². The smallest absolute Gasteiger partial charge is 0.228 e. The number of hydrogen-bond acceptors (Lipinski definition) is 1. The fraction of sp³-hybridized carbons (Fsp3) is 0.312. The van der Waals surface area contributed by atoms with Crippen LogP contribution in [0.5, 0.6) is 0 Å². The Hall–Kier alpha value is -1.83. The maximum absolute atomic E-state index is 11.9. The van der Waals surface area contributed by atoms with E-state index < -0.39 is 0 Å². The maximum Gasteiger partial charge on any atom is 0.228 e. The molecular weight excluding hydrogens is 222 g/mol. The fourth-order valence-electron chi connectivity index (χ4n) is 1.99. The highest BCUT2D eigenvalue weighted by Crippen LogP contribution is 2.20. The van der Waals surface area contributed by atoms with Crippen LogP contribution in [0.3, 0.4) is 0 Å². The second-order valence-electron chi connectivity index (χ2n) is 4.91. The highest BCUT2D eigenvalue weighted by Gasteiger charge is 2.13. The molecule has 2 nitrogen and oxygen atoms in total. The monoisotopic (exact) mass is 241 g/mol. The zero-order valence-electron chi connectivity index (χ0n) is 10.9. The summed E-state index contributed by atoms with van der Waals surface area (Å²) in [5.41, 5.74) is 1.96. The van der Waals surface area contributed by atoms with Gasteiger partial charge in [0.2, 0.25) is 5.91 Å². The van der Waals surface area contributed by atoms with E-state index in [4.69, 9.17) is 0 Å². The van der Waals surface area contributed by atoms with Crippen molar-refractivity contribution in [2.24, 2.45) is 11.8 Å². The van der Waals surface area contributed by atoms with Crippen LogP contribution in [0, 0.1) is 11.8 Å². The van der Waals surface area contributed by atoms with Crippen LogP contribution in [0.2, 0.25) is 0 Å². The lowest BCUT2D eigenvalue weighted by molar-refractivity contribution is -0.119. The lowest BCUT2D eigenvalue weighted by Gasteiger charge is -2.19. The number of carbonyl (C=O) groups excluding carboxylic acids is 1. The number of rotatable bonds is 3. The first-order valence-electron chi connectivity index (χ1n) is 6.39. The van der Waals surface area contributed by atoms with Gasteiger partial charge in [-0.2, -0.15) is 0 Å². The Kier molecular flexibility index (Phi) is 3.98. The van der Waals surface area contributed by atoms with Gasteiger partial charge in [0.25, 0.3) is 0 Å². The third-order valence-electron chi connectivity index (χ3n) is 3.34. The second kappa shape index (κ2) is 5.67. The third kappa shape index (κ3) is 3.33. The summed E-state index contributed by atoms with van der Waals surface area (Å²) >= 11 is 0. The molecule has 0 fully saturated rings. The van der Waals surface area contributed by atoms with E-state index in [1.165, 1.54) is 0 Å². The predicted molar refractivity (Wildman–Crippen MR) is 73.8 cm³/mol. The summed E-state index contributed by atoms with van der Waals surface area (Å²) in [5.74, 6) is 1.06. The highest BCUT2D eigenvalue weighted by atomic mass is 16.1. The van der Waals surface area contributed by atoms with Crippen LogP contribution in [0.25, 0.3) is 0 Å². The summed E-state index contributed by atoms with van der Waals surface area (Å²) in [6, 6.07) is 9.79. The molecule has 1 N–H and O–H groups in total. The van der Waals surface area contributed by atoms with Gasteiger partial charge >= 0.3 is 0 Å². The van der Waals surface area contributed by atoms with E-state index in [1.807, 2.05) is 36.4 Å². The van der Waals surface area contributed by atoms with E-state index in [2.05, 4.69) is 31.3 Å². The average Bonchev–Trinajstić information content (AvgIpc) is 2.35. The van der Waals surface area contributed by atoms with Gasteiger partial charge in [0.05, 0.1) is 6.42 Å². The molecule has 0 aliphatic heterocycles. The minimum atomic E-state index is 0.0406. The zero-order chi connectivity index (χ0) is 13.0. The predicted octanol–water partition coefficient (Wildman–Crippen LogP) is 3.07. The van der Waals surface area contributed by atoms with E-state index in [0.717, 1.165) is 11.3 Å². The Balaban J connectivity index is 1.93. The van der Waals surface area contributed by atoms with Crippen LogP contribution < -0.4 is 5.32 Å². The standard InChI is InChI=1S/C16H19NO/c1-12-8-9-15(10-13(12)2)17-16(18)11-14-6-4-3-5-7-14/h3-10,12-13H,11H2,1-2H3,(H,17,18). The van der Waals surface area contributed by atoms with Gasteiger partial charge in [-0.3, -0.25) is 4.79 Å². The molecule has 2 unspecified atom stereocenters. The number of benzene rings is 1. The molecule has 1 aliphatic carbocycles. The van der Waals surface area contributed by atoms with Crippen molar-refractivity contribution in [3.8, 4) is 0 Å². The molecule has 18 heavy (non-hydrogen) atoms. The summed E-state index contributed by atoms with van der Waals surface area (Å²) in [7, 11) is 0. The number of nitrogens with one attached hydrogen (secondary N) is 1. The van der Waals surface area contributed by atoms with Crippen LogP contribution >= 0.6 is 0 Å². The number of hydrogen-bond donors (Lipinski definition) is 1. The SMILES string of the molecule is CC1C=CC(NC(=O)Cc2ccccc2)=CC1C. The van der Waals surface area contributed by atoms with Gasteiger partial charge in [-0.1, -0.05) is 56.3 Å². The molecule has 2 heteroatoms. The molecular formula is C16H19NO. The van der Waals surface area contributed by atoms with Crippen molar-refractivity contribution in [1.82, 2.24) is 5.32 Å². The molecule has 0 radical (unpaired) electrons. The summed E-state index contributed by atoms with van der Waals surface area (Å²) < 4.78 is 0. The molecule has 0 saturated heterocycles. The van der Waals surface area contributed by atoms with Crippen molar-refractivity contribution in [2.45, 2.75) is 20.3 Å². The first-order chi connectivity index (χ1) is 8.65. The Bertz CT molecular complexity index is 473. The molecule has 0 spiro atoms. The summed E-state index contributed by atoms with van der Waals surface area (Å²) in [6.07, 6.45) is 6.68. The van der Waals surface area contributed by atoms with Crippen LogP contribution in [-0.4, -0.2) is 5.91 Å². The highest BCUT2D eigenvalue weighted by molar-refractivity contribution is 5.80. The Morgan fingerprint density at radius 3 is 2.56 bits per heavy atom. The zero-order valence-corrected chi connectivity index (χ0v) is 10.9. The molecule has 1 aromatic rings. The van der Waals surface area contributed by atoms with Crippen LogP contribution in [0.15, 0.2) is 54.3 Å². The second-order valence-corrected chi connectivity index (χ2v) is 4.91. The fourth-order valence-corrected chi connectivity index (χ4v) is 1.99. The molecule has 0 saturated carbocycles. The van der Waals surface area contributed by atoms with E-state index in [9.17, 15) is 4.79 Å². The molecule has 1 aromatic carbocycles. The topological polar surface area (TPSA) is 29.1 Å². The van der Waals surface area contributed by atoms with E-state index >= 15 is 0 Å². The largest absolute Gasteiger partial charge is 0.326 e.